The molecule has 2 heterocycles. The zero-order chi connectivity index (χ0) is 14.7. The Labute approximate surface area is 140 Å². The Morgan fingerprint density at radius 3 is 2.81 bits per heavy atom. The lowest BCUT2D eigenvalue weighted by Gasteiger charge is -2.45. The van der Waals surface area contributed by atoms with Crippen molar-refractivity contribution < 1.29 is 4.74 Å². The van der Waals surface area contributed by atoms with E-state index < -0.39 is 0 Å². The van der Waals surface area contributed by atoms with Crippen LogP contribution in [0.4, 0.5) is 0 Å². The number of ether oxygens (including phenoxy) is 1. The molecule has 0 saturated carbocycles. The van der Waals surface area contributed by atoms with E-state index in [2.05, 4.69) is 64.3 Å². The number of hydrogen-bond acceptors (Lipinski definition) is 3. The molecular weight excluding hydrogens is 346 g/mol. The van der Waals surface area contributed by atoms with E-state index in [-0.39, 0.29) is 5.60 Å². The summed E-state index contributed by atoms with van der Waals surface area (Å²) in [4.78, 5) is 0. The molecule has 2 nitrogen and oxygen atoms in total. The molecule has 2 fully saturated rings. The topological polar surface area (TPSA) is 21.3 Å². The van der Waals surface area contributed by atoms with Crippen LogP contribution in [0.15, 0.2) is 28.7 Å². The Kier molecular flexibility index (Phi) is 5.31. The van der Waals surface area contributed by atoms with Gasteiger partial charge in [0.05, 0.1) is 5.60 Å². The fraction of sp³-hybridized carbons (Fsp3) is 0.647. The molecule has 1 aromatic rings. The van der Waals surface area contributed by atoms with Gasteiger partial charge in [-0.3, -0.25) is 0 Å². The monoisotopic (exact) mass is 369 g/mol. The average Bonchev–Trinajstić information content (AvgIpc) is 2.51. The Hall–Kier alpha value is -0.0300. The maximum Gasteiger partial charge on any atom is 0.0701 e. The molecule has 2 unspecified atom stereocenters. The maximum absolute atomic E-state index is 6.24. The van der Waals surface area contributed by atoms with Gasteiger partial charge in [0.25, 0.3) is 0 Å². The number of thioether (sulfide) groups is 1. The number of benzene rings is 1. The van der Waals surface area contributed by atoms with Crippen LogP contribution < -0.4 is 5.32 Å². The van der Waals surface area contributed by atoms with Gasteiger partial charge < -0.3 is 10.1 Å². The first-order valence-corrected chi connectivity index (χ1v) is 9.82. The van der Waals surface area contributed by atoms with Crippen molar-refractivity contribution in [2.75, 3.05) is 25.2 Å². The van der Waals surface area contributed by atoms with Gasteiger partial charge in [-0.1, -0.05) is 34.1 Å². The molecule has 2 aliphatic heterocycles. The van der Waals surface area contributed by atoms with E-state index in [1.807, 2.05) is 0 Å². The van der Waals surface area contributed by atoms with Gasteiger partial charge in [-0.15, -0.1) is 0 Å². The summed E-state index contributed by atoms with van der Waals surface area (Å²) in [5, 5.41) is 3.56. The molecule has 0 bridgehead atoms. The summed E-state index contributed by atoms with van der Waals surface area (Å²) in [6.45, 7) is 0.915. The predicted molar refractivity (Wildman–Crippen MR) is 93.9 cm³/mol. The Morgan fingerprint density at radius 2 is 2.10 bits per heavy atom. The Bertz CT molecular complexity index is 470. The second kappa shape index (κ2) is 7.03. The molecule has 0 aromatic heterocycles. The lowest BCUT2D eigenvalue weighted by Crippen LogP contribution is -2.45. The number of nitrogens with one attached hydrogen (secondary N) is 1. The van der Waals surface area contributed by atoms with Gasteiger partial charge in [0.2, 0.25) is 0 Å². The highest BCUT2D eigenvalue weighted by atomic mass is 79.9. The summed E-state index contributed by atoms with van der Waals surface area (Å²) in [7, 11) is 2.09. The maximum atomic E-state index is 6.24. The SMILES string of the molecule is CNC(c1ccccc1Br)C1CCOC2(CCSCC2)C1. The molecule has 1 spiro atoms. The van der Waals surface area contributed by atoms with Crippen LogP contribution in [0.25, 0.3) is 0 Å². The molecule has 2 saturated heterocycles. The van der Waals surface area contributed by atoms with E-state index in [1.165, 1.54) is 40.8 Å². The van der Waals surface area contributed by atoms with Gasteiger partial charge in [-0.2, -0.15) is 11.8 Å². The van der Waals surface area contributed by atoms with E-state index in [1.54, 1.807) is 0 Å². The lowest BCUT2D eigenvalue weighted by atomic mass is 9.77. The second-order valence-corrected chi connectivity index (χ2v) is 8.26. The van der Waals surface area contributed by atoms with E-state index in [0.717, 1.165) is 13.0 Å². The van der Waals surface area contributed by atoms with Crippen LogP contribution in [0.3, 0.4) is 0 Å². The predicted octanol–water partition coefficient (Wildman–Crippen LogP) is 4.40. The van der Waals surface area contributed by atoms with Crippen molar-refractivity contribution in [2.24, 2.45) is 5.92 Å². The van der Waals surface area contributed by atoms with Crippen LogP contribution in [-0.4, -0.2) is 30.8 Å². The summed E-state index contributed by atoms with van der Waals surface area (Å²) < 4.78 is 7.46. The molecule has 4 heteroatoms. The van der Waals surface area contributed by atoms with Crippen LogP contribution in [0.5, 0.6) is 0 Å². The summed E-state index contributed by atoms with van der Waals surface area (Å²) in [5.74, 6) is 3.17. The fourth-order valence-corrected chi connectivity index (χ4v) is 5.58. The Balaban J connectivity index is 1.79. The molecule has 2 atom stereocenters. The minimum atomic E-state index is 0.157. The summed E-state index contributed by atoms with van der Waals surface area (Å²) >= 11 is 5.79. The number of hydrogen-bond donors (Lipinski definition) is 1. The van der Waals surface area contributed by atoms with Gasteiger partial charge in [0.15, 0.2) is 0 Å². The van der Waals surface area contributed by atoms with Crippen molar-refractivity contribution in [3.63, 3.8) is 0 Å². The van der Waals surface area contributed by atoms with Crippen molar-refractivity contribution in [3.05, 3.63) is 34.3 Å². The van der Waals surface area contributed by atoms with Crippen LogP contribution >= 0.6 is 27.7 Å². The second-order valence-electron chi connectivity index (χ2n) is 6.18. The van der Waals surface area contributed by atoms with Gasteiger partial charge in [-0.05, 0) is 61.8 Å². The summed E-state index contributed by atoms with van der Waals surface area (Å²) in [5.41, 5.74) is 1.54. The minimum Gasteiger partial charge on any atom is -0.375 e. The first kappa shape index (κ1) is 15.9. The zero-order valence-corrected chi connectivity index (χ0v) is 15.0. The van der Waals surface area contributed by atoms with Crippen molar-refractivity contribution in [2.45, 2.75) is 37.3 Å². The first-order valence-electron chi connectivity index (χ1n) is 7.87. The standard InChI is InChI=1S/C17H24BrNOS/c1-19-16(14-4-2-3-5-15(14)18)13-6-9-20-17(12-13)7-10-21-11-8-17/h2-5,13,16,19H,6-12H2,1H3. The molecule has 0 aliphatic carbocycles. The third-order valence-electron chi connectivity index (χ3n) is 4.96. The van der Waals surface area contributed by atoms with Crippen LogP contribution in [0, 0.1) is 5.92 Å². The molecule has 21 heavy (non-hydrogen) atoms. The highest BCUT2D eigenvalue weighted by Crippen LogP contribution is 2.44. The summed E-state index contributed by atoms with van der Waals surface area (Å²) in [6, 6.07) is 9.02. The van der Waals surface area contributed by atoms with Crippen molar-refractivity contribution in [1.29, 1.82) is 0 Å². The quantitative estimate of drug-likeness (QED) is 0.852. The molecule has 3 rings (SSSR count). The molecular formula is C17H24BrNOS. The third kappa shape index (κ3) is 3.49. The van der Waals surface area contributed by atoms with E-state index in [4.69, 9.17) is 4.74 Å². The van der Waals surface area contributed by atoms with Crippen molar-refractivity contribution in [3.8, 4) is 0 Å². The molecule has 0 radical (unpaired) electrons. The Morgan fingerprint density at radius 1 is 1.33 bits per heavy atom. The molecule has 0 amide bonds. The highest BCUT2D eigenvalue weighted by Gasteiger charge is 2.41. The molecule has 2 aliphatic rings. The zero-order valence-electron chi connectivity index (χ0n) is 12.6. The fourth-order valence-electron chi connectivity index (χ4n) is 3.81. The summed E-state index contributed by atoms with van der Waals surface area (Å²) in [6.07, 6.45) is 4.79. The molecule has 1 N–H and O–H groups in total. The normalized spacial score (nSPS) is 26.7. The van der Waals surface area contributed by atoms with Crippen molar-refractivity contribution in [1.82, 2.24) is 5.32 Å². The smallest absolute Gasteiger partial charge is 0.0701 e. The third-order valence-corrected chi connectivity index (χ3v) is 6.67. The van der Waals surface area contributed by atoms with Gasteiger partial charge in [0, 0.05) is 17.1 Å². The largest absolute Gasteiger partial charge is 0.375 e. The number of rotatable bonds is 3. The van der Waals surface area contributed by atoms with Crippen LogP contribution in [0.1, 0.15) is 37.3 Å². The van der Waals surface area contributed by atoms with Crippen molar-refractivity contribution >= 4 is 27.7 Å². The first-order chi connectivity index (χ1) is 10.2. The van der Waals surface area contributed by atoms with Gasteiger partial charge in [0.1, 0.15) is 0 Å². The van der Waals surface area contributed by atoms with Gasteiger partial charge >= 0.3 is 0 Å². The number of halogens is 1. The average molecular weight is 370 g/mol. The van der Waals surface area contributed by atoms with Crippen LogP contribution in [-0.2, 0) is 4.74 Å². The van der Waals surface area contributed by atoms with E-state index in [9.17, 15) is 0 Å². The minimum absolute atomic E-state index is 0.157. The molecule has 1 aromatic carbocycles. The lowest BCUT2D eigenvalue weighted by molar-refractivity contribution is -0.107. The van der Waals surface area contributed by atoms with Crippen LogP contribution in [0.2, 0.25) is 0 Å². The van der Waals surface area contributed by atoms with Gasteiger partial charge in [-0.25, -0.2) is 0 Å². The van der Waals surface area contributed by atoms with E-state index in [0.29, 0.717) is 12.0 Å². The van der Waals surface area contributed by atoms with E-state index >= 15 is 0 Å². The highest BCUT2D eigenvalue weighted by molar-refractivity contribution is 9.10. The molecule has 116 valence electrons.